The van der Waals surface area contributed by atoms with Gasteiger partial charge in [0.15, 0.2) is 0 Å². The van der Waals surface area contributed by atoms with Crippen molar-refractivity contribution in [3.63, 3.8) is 0 Å². The minimum absolute atomic E-state index is 0.117. The fourth-order valence-corrected chi connectivity index (χ4v) is 3.67. The Morgan fingerprint density at radius 1 is 0.871 bits per heavy atom. The van der Waals surface area contributed by atoms with Crippen LogP contribution in [0.5, 0.6) is 0 Å². The highest BCUT2D eigenvalue weighted by Crippen LogP contribution is 2.24. The molecule has 1 heterocycles. The Morgan fingerprint density at radius 3 is 1.81 bits per heavy atom. The van der Waals surface area contributed by atoms with Crippen molar-refractivity contribution in [2.45, 2.75) is 26.8 Å². The maximum Gasteiger partial charge on any atom is 0.273 e. The Morgan fingerprint density at radius 2 is 1.35 bits per heavy atom. The van der Waals surface area contributed by atoms with Crippen molar-refractivity contribution >= 4 is 23.2 Å². The van der Waals surface area contributed by atoms with Crippen molar-refractivity contribution in [1.29, 1.82) is 0 Å². The Kier molecular flexibility index (Phi) is 6.00. The van der Waals surface area contributed by atoms with Gasteiger partial charge in [0.25, 0.3) is 23.2 Å². The predicted octanol–water partition coefficient (Wildman–Crippen LogP) is 3.11. The van der Waals surface area contributed by atoms with Crippen LogP contribution >= 0.6 is 0 Å². The van der Waals surface area contributed by atoms with Gasteiger partial charge in [-0.2, -0.15) is 0 Å². The van der Waals surface area contributed by atoms with E-state index < -0.39 is 9.85 Å². The summed E-state index contributed by atoms with van der Waals surface area (Å²) >= 11 is 0. The highest BCUT2D eigenvalue weighted by atomic mass is 16.6. The molecule has 0 bridgehead atoms. The van der Waals surface area contributed by atoms with Gasteiger partial charge in [-0.05, 0) is 32.9 Å². The lowest BCUT2D eigenvalue weighted by atomic mass is 10.1. The van der Waals surface area contributed by atoms with Crippen molar-refractivity contribution in [1.82, 2.24) is 9.80 Å². The van der Waals surface area contributed by atoms with Crippen LogP contribution in [0.2, 0.25) is 0 Å². The number of nitro benzene ring substituents is 2. The molecule has 0 radical (unpaired) electrons. The molecule has 2 aromatic carbocycles. The van der Waals surface area contributed by atoms with E-state index in [2.05, 4.69) is 0 Å². The summed E-state index contributed by atoms with van der Waals surface area (Å²) in [5.41, 5.74) is 1.15. The van der Waals surface area contributed by atoms with E-state index in [-0.39, 0.29) is 60.0 Å². The molecule has 1 saturated heterocycles. The van der Waals surface area contributed by atoms with Gasteiger partial charge in [0.2, 0.25) is 0 Å². The molecule has 0 aliphatic carbocycles. The monoisotopic (exact) mass is 426 g/mol. The Balaban J connectivity index is 1.75. The number of aryl methyl sites for hydroxylation is 2. The molecule has 10 nitrogen and oxygen atoms in total. The van der Waals surface area contributed by atoms with Gasteiger partial charge in [0, 0.05) is 60.1 Å². The van der Waals surface area contributed by atoms with Crippen molar-refractivity contribution in [3.05, 3.63) is 78.9 Å². The highest BCUT2D eigenvalue weighted by molar-refractivity contribution is 5.97. The third kappa shape index (κ3) is 4.37. The van der Waals surface area contributed by atoms with Gasteiger partial charge in [-0.1, -0.05) is 12.1 Å². The van der Waals surface area contributed by atoms with Crippen LogP contribution in [0.15, 0.2) is 36.4 Å². The lowest BCUT2D eigenvalue weighted by Crippen LogP contribution is -2.55. The van der Waals surface area contributed by atoms with Gasteiger partial charge in [-0.25, -0.2) is 0 Å². The molecule has 2 aromatic rings. The quantitative estimate of drug-likeness (QED) is 0.546. The first-order valence-electron chi connectivity index (χ1n) is 9.70. The number of piperazine rings is 1. The van der Waals surface area contributed by atoms with Crippen LogP contribution in [0.1, 0.15) is 38.8 Å². The van der Waals surface area contributed by atoms with Crippen LogP contribution in [0.4, 0.5) is 11.4 Å². The molecule has 1 atom stereocenters. The number of carbonyl (C=O) groups excluding carboxylic acids is 2. The topological polar surface area (TPSA) is 127 Å². The Labute approximate surface area is 178 Å². The molecular weight excluding hydrogens is 404 g/mol. The summed E-state index contributed by atoms with van der Waals surface area (Å²) in [7, 11) is 0. The molecule has 1 aliphatic heterocycles. The molecule has 3 rings (SSSR count). The van der Waals surface area contributed by atoms with E-state index in [0.29, 0.717) is 11.1 Å². The molecule has 162 valence electrons. The maximum absolute atomic E-state index is 12.9. The largest absolute Gasteiger partial charge is 0.335 e. The van der Waals surface area contributed by atoms with Crippen LogP contribution in [-0.4, -0.2) is 57.1 Å². The molecule has 0 saturated carbocycles. The van der Waals surface area contributed by atoms with Crippen LogP contribution < -0.4 is 0 Å². The van der Waals surface area contributed by atoms with Crippen molar-refractivity contribution < 1.29 is 19.4 Å². The fourth-order valence-electron chi connectivity index (χ4n) is 3.67. The van der Waals surface area contributed by atoms with Crippen molar-refractivity contribution in [3.8, 4) is 0 Å². The molecule has 1 aliphatic rings. The second-order valence-electron chi connectivity index (χ2n) is 7.62. The molecule has 0 N–H and O–H groups in total. The van der Waals surface area contributed by atoms with E-state index in [1.165, 1.54) is 12.1 Å². The number of amides is 2. The Hall–Kier alpha value is -3.82. The lowest BCUT2D eigenvalue weighted by molar-refractivity contribution is -0.385. The number of nitrogens with zero attached hydrogens (tertiary/aromatic N) is 4. The average molecular weight is 426 g/mol. The highest BCUT2D eigenvalue weighted by Gasteiger charge is 2.32. The minimum Gasteiger partial charge on any atom is -0.335 e. The third-order valence-corrected chi connectivity index (χ3v) is 5.48. The van der Waals surface area contributed by atoms with Crippen molar-refractivity contribution in [2.75, 3.05) is 19.6 Å². The van der Waals surface area contributed by atoms with Gasteiger partial charge in [0.1, 0.15) is 0 Å². The number of hydrogen-bond acceptors (Lipinski definition) is 6. The number of nitro groups is 2. The minimum atomic E-state index is -0.522. The second kappa shape index (κ2) is 8.50. The summed E-state index contributed by atoms with van der Waals surface area (Å²) < 4.78 is 0. The summed E-state index contributed by atoms with van der Waals surface area (Å²) in [6.07, 6.45) is 0. The van der Waals surface area contributed by atoms with Crippen LogP contribution in [0.3, 0.4) is 0 Å². The SMILES string of the molecule is Cc1ccc(C(=O)N2CCN(C(=O)c3ccc(C)c([N+](=O)[O-])c3)C(C)C2)cc1[N+](=O)[O-]. The third-order valence-electron chi connectivity index (χ3n) is 5.48. The summed E-state index contributed by atoms with van der Waals surface area (Å²) in [5, 5.41) is 22.3. The van der Waals surface area contributed by atoms with E-state index in [1.807, 2.05) is 0 Å². The first-order chi connectivity index (χ1) is 14.6. The zero-order chi connectivity index (χ0) is 22.9. The van der Waals surface area contributed by atoms with Gasteiger partial charge in [0.05, 0.1) is 9.85 Å². The first kappa shape index (κ1) is 21.9. The summed E-state index contributed by atoms with van der Waals surface area (Å²) in [4.78, 5) is 50.2. The number of hydrogen-bond donors (Lipinski definition) is 0. The van der Waals surface area contributed by atoms with Crippen molar-refractivity contribution in [2.24, 2.45) is 0 Å². The number of carbonyl (C=O) groups is 2. The van der Waals surface area contributed by atoms with Gasteiger partial charge >= 0.3 is 0 Å². The average Bonchev–Trinajstić information content (AvgIpc) is 2.73. The molecule has 1 unspecified atom stereocenters. The molecule has 0 spiro atoms. The van der Waals surface area contributed by atoms with E-state index in [1.54, 1.807) is 54.8 Å². The summed E-state index contributed by atoms with van der Waals surface area (Å²) in [6, 6.07) is 8.40. The molecule has 0 aromatic heterocycles. The van der Waals surface area contributed by atoms with Crippen LogP contribution in [0.25, 0.3) is 0 Å². The lowest BCUT2D eigenvalue weighted by Gasteiger charge is -2.40. The van der Waals surface area contributed by atoms with Gasteiger partial charge in [-0.15, -0.1) is 0 Å². The summed E-state index contributed by atoms with van der Waals surface area (Å²) in [5.74, 6) is -0.679. The first-order valence-corrected chi connectivity index (χ1v) is 9.70. The molecular formula is C21H22N4O6. The smallest absolute Gasteiger partial charge is 0.273 e. The molecule has 10 heteroatoms. The van der Waals surface area contributed by atoms with E-state index in [9.17, 15) is 29.8 Å². The van der Waals surface area contributed by atoms with Gasteiger partial charge in [-0.3, -0.25) is 29.8 Å². The normalized spacial score (nSPS) is 16.2. The molecule has 1 fully saturated rings. The number of benzene rings is 2. The zero-order valence-corrected chi connectivity index (χ0v) is 17.4. The maximum atomic E-state index is 12.9. The molecule has 2 amide bonds. The fraction of sp³-hybridized carbons (Fsp3) is 0.333. The van der Waals surface area contributed by atoms with E-state index in [4.69, 9.17) is 0 Å². The predicted molar refractivity (Wildman–Crippen MR) is 112 cm³/mol. The number of rotatable bonds is 4. The van der Waals surface area contributed by atoms with Crippen LogP contribution in [-0.2, 0) is 0 Å². The van der Waals surface area contributed by atoms with Gasteiger partial charge < -0.3 is 9.80 Å². The van der Waals surface area contributed by atoms with Crippen LogP contribution in [0, 0.1) is 34.1 Å². The second-order valence-corrected chi connectivity index (χ2v) is 7.62. The zero-order valence-electron chi connectivity index (χ0n) is 17.4. The van der Waals surface area contributed by atoms with E-state index >= 15 is 0 Å². The van der Waals surface area contributed by atoms with E-state index in [0.717, 1.165) is 0 Å². The summed E-state index contributed by atoms with van der Waals surface area (Å²) in [6.45, 7) is 5.76. The Bertz CT molecular complexity index is 1080. The molecule has 31 heavy (non-hydrogen) atoms. The standard InChI is InChI=1S/C21H22N4O6/c1-13-4-6-16(10-18(13)24(28)29)20(26)22-8-9-23(15(3)12-22)21(27)17-7-5-14(2)19(11-17)25(30)31/h4-7,10-11,15H,8-9,12H2,1-3H3.